The molecular weight excluding hydrogens is 1510 g/mol. The van der Waals surface area contributed by atoms with E-state index in [4.69, 9.17) is 9.31 Å². The van der Waals surface area contributed by atoms with Gasteiger partial charge in [-0.25, -0.2) is 16.8 Å². The standard InChI is InChI=1S/C48H30N2O2S.C24H22BNO2.C12H8Br2O2S.HI/c51-53(52,33-21-17-29(18-22-33)31-25-39-35-9-1-5-13-43(35)49-44-14-6-2-10-36(44)40(26-31)47(39)49)34-23-19-30(20-24-34)32-27-41-37-11-3-7-15-45(37)50-46-16-8-4-12-38(46)42(28-32)48(41)50;1-23(2)24(3,4)28-25(27-23)15-13-18-16-9-5-7-11-20(16)26-21-12-8-6-10-17(21)19(14-15)22(18)26;13-9-1-5-11(6-2-9)17(15,16)12-7-3-10(14)4-8-12;/h1-28,39,47H;5-14H,1-4H3;1-8H;1H. The van der Waals surface area contributed by atoms with Crippen LogP contribution in [0, 0.1) is 0 Å². The van der Waals surface area contributed by atoms with E-state index in [0.29, 0.717) is 14.7 Å². The van der Waals surface area contributed by atoms with E-state index < -0.39 is 19.7 Å². The Hall–Kier alpha value is -8.91. The van der Waals surface area contributed by atoms with Crippen LogP contribution < -0.4 is 10.4 Å². The summed E-state index contributed by atoms with van der Waals surface area (Å²) in [7, 11) is -7.51. The van der Waals surface area contributed by atoms with Crippen molar-refractivity contribution in [3.05, 3.63) is 305 Å². The number of fused-ring (bicyclic) bond motifs is 18. The molecule has 0 bridgehead atoms. The molecule has 4 aromatic heterocycles. The molecule has 1 fully saturated rings. The summed E-state index contributed by atoms with van der Waals surface area (Å²) in [6.07, 6.45) is 4.66. The molecule has 15 heteroatoms. The molecule has 16 aromatic rings. The zero-order valence-electron chi connectivity index (χ0n) is 54.1. The van der Waals surface area contributed by atoms with Gasteiger partial charge in [-0.3, -0.25) is 0 Å². The van der Waals surface area contributed by atoms with Crippen LogP contribution in [-0.2, 0) is 29.0 Å². The Morgan fingerprint density at radius 3 is 1.23 bits per heavy atom. The maximum atomic E-state index is 14.0. The fourth-order valence-electron chi connectivity index (χ4n) is 15.5. The average Bonchev–Trinajstić information content (AvgIpc) is 1.56. The predicted octanol–water partition coefficient (Wildman–Crippen LogP) is 21.2. The number of anilines is 2. The largest absolute Gasteiger partial charge is 0.494 e. The van der Waals surface area contributed by atoms with Crippen molar-refractivity contribution in [2.24, 2.45) is 0 Å². The van der Waals surface area contributed by atoms with Crippen LogP contribution in [-0.4, -0.2) is 50.0 Å². The second-order valence-electron chi connectivity index (χ2n) is 26.8. The van der Waals surface area contributed by atoms with Gasteiger partial charge >= 0.3 is 7.12 Å². The molecule has 3 aliphatic heterocycles. The number of aromatic nitrogens is 2. The first kappa shape index (κ1) is 63.5. The zero-order valence-corrected chi connectivity index (χ0v) is 61.2. The van der Waals surface area contributed by atoms with Crippen molar-refractivity contribution in [1.82, 2.24) is 8.80 Å². The number of hydrogen-bond acceptors (Lipinski definition) is 7. The lowest BCUT2D eigenvalue weighted by Crippen LogP contribution is -2.41. The van der Waals surface area contributed by atoms with Gasteiger partial charge < -0.3 is 23.0 Å². The minimum absolute atomic E-state index is 0. The molecule has 9 nitrogen and oxygen atoms in total. The maximum absolute atomic E-state index is 14.0. The predicted molar refractivity (Wildman–Crippen MR) is 422 cm³/mol. The Kier molecular flexibility index (Phi) is 15.2. The van der Waals surface area contributed by atoms with Crippen LogP contribution in [0.3, 0.4) is 0 Å². The molecule has 4 aliphatic rings. The summed E-state index contributed by atoms with van der Waals surface area (Å²) in [5, 5.41) is 9.89. The van der Waals surface area contributed by atoms with E-state index in [9.17, 15) is 16.8 Å². The van der Waals surface area contributed by atoms with Crippen molar-refractivity contribution in [1.29, 1.82) is 0 Å². The van der Waals surface area contributed by atoms with E-state index in [2.05, 4.69) is 255 Å². The normalized spacial score (nSPS) is 16.6. The van der Waals surface area contributed by atoms with Crippen LogP contribution in [0.1, 0.15) is 50.3 Å². The number of allylic oxidation sites excluding steroid dienone is 2. The maximum Gasteiger partial charge on any atom is 0.494 e. The molecular formula is C84H61BBr2IN3O6S2. The molecule has 20 rings (SSSR count). The summed E-state index contributed by atoms with van der Waals surface area (Å²) in [5.41, 5.74) is 18.4. The van der Waals surface area contributed by atoms with Crippen molar-refractivity contribution in [2.75, 3.05) is 4.90 Å². The average molecular weight is 1570 g/mol. The highest BCUT2D eigenvalue weighted by Gasteiger charge is 2.52. The molecule has 484 valence electrons. The second kappa shape index (κ2) is 23.6. The van der Waals surface area contributed by atoms with Gasteiger partial charge in [0.25, 0.3) is 0 Å². The third-order valence-corrected chi connectivity index (χ3v) is 25.5. The van der Waals surface area contributed by atoms with Gasteiger partial charge in [-0.2, -0.15) is 0 Å². The van der Waals surface area contributed by atoms with Crippen molar-refractivity contribution in [3.8, 4) is 11.1 Å². The lowest BCUT2D eigenvalue weighted by atomic mass is 9.77. The summed E-state index contributed by atoms with van der Waals surface area (Å²) in [5.74, 6) is 0.221. The third kappa shape index (κ3) is 9.99. The Labute approximate surface area is 607 Å². The summed E-state index contributed by atoms with van der Waals surface area (Å²) in [6, 6.07) is 88.9. The van der Waals surface area contributed by atoms with Gasteiger partial charge in [-0.05, 0) is 194 Å². The summed E-state index contributed by atoms with van der Waals surface area (Å²) < 4.78 is 71.6. The molecule has 0 spiro atoms. The van der Waals surface area contributed by atoms with Crippen molar-refractivity contribution in [3.63, 3.8) is 0 Å². The topological polar surface area (TPSA) is 98.8 Å². The number of para-hydroxylation sites is 6. The van der Waals surface area contributed by atoms with Crippen molar-refractivity contribution >= 4 is 187 Å². The van der Waals surface area contributed by atoms with Gasteiger partial charge in [-0.1, -0.05) is 184 Å². The van der Waals surface area contributed by atoms with Crippen LogP contribution in [0.15, 0.2) is 308 Å². The number of nitrogens with zero attached hydrogens (tertiary/aromatic N) is 3. The summed E-state index contributed by atoms with van der Waals surface area (Å²) in [6.45, 7) is 8.41. The van der Waals surface area contributed by atoms with Crippen molar-refractivity contribution < 1.29 is 26.1 Å². The number of halogens is 3. The molecule has 1 aliphatic carbocycles. The van der Waals surface area contributed by atoms with Gasteiger partial charge in [0, 0.05) is 74.9 Å². The van der Waals surface area contributed by atoms with Crippen LogP contribution in [0.4, 0.5) is 11.4 Å². The third-order valence-electron chi connectivity index (χ3n) is 20.8. The van der Waals surface area contributed by atoms with Crippen LogP contribution in [0.25, 0.3) is 98.5 Å². The Morgan fingerprint density at radius 2 is 0.778 bits per heavy atom. The van der Waals surface area contributed by atoms with E-state index >= 15 is 0 Å². The lowest BCUT2D eigenvalue weighted by molar-refractivity contribution is 0.00578. The summed E-state index contributed by atoms with van der Waals surface area (Å²) in [4.78, 5) is 3.65. The molecule has 2 atom stereocenters. The van der Waals surface area contributed by atoms with E-state index in [1.165, 1.54) is 104 Å². The number of sulfone groups is 2. The first-order valence-corrected chi connectivity index (χ1v) is 37.3. The highest BCUT2D eigenvalue weighted by atomic mass is 127. The van der Waals surface area contributed by atoms with E-state index in [0.717, 1.165) is 36.7 Å². The number of rotatable bonds is 7. The van der Waals surface area contributed by atoms with Gasteiger partial charge in [0.2, 0.25) is 19.7 Å². The van der Waals surface area contributed by atoms with E-state index in [1.54, 1.807) is 72.8 Å². The highest BCUT2D eigenvalue weighted by molar-refractivity contribution is 14.0. The Morgan fingerprint density at radius 1 is 0.404 bits per heavy atom. The molecule has 1 saturated heterocycles. The van der Waals surface area contributed by atoms with Crippen molar-refractivity contribution in [2.45, 2.75) is 70.4 Å². The van der Waals surface area contributed by atoms with Crippen LogP contribution >= 0.6 is 55.8 Å². The van der Waals surface area contributed by atoms with Crippen LogP contribution in [0.2, 0.25) is 0 Å². The van der Waals surface area contributed by atoms with E-state index in [-0.39, 0.29) is 59.2 Å². The van der Waals surface area contributed by atoms with E-state index in [1.807, 2.05) is 24.3 Å². The lowest BCUT2D eigenvalue weighted by Gasteiger charge is -2.32. The second-order valence-corrected chi connectivity index (χ2v) is 32.5. The Bertz CT molecular complexity index is 6040. The molecule has 0 amide bonds. The molecule has 0 radical (unpaired) electrons. The molecule has 0 N–H and O–H groups in total. The van der Waals surface area contributed by atoms with Gasteiger partial charge in [0.1, 0.15) is 0 Å². The van der Waals surface area contributed by atoms with Gasteiger partial charge in [-0.15, -0.1) is 24.0 Å². The molecule has 2 unspecified atom stereocenters. The van der Waals surface area contributed by atoms with Gasteiger partial charge in [0.05, 0.1) is 69.9 Å². The van der Waals surface area contributed by atoms with Gasteiger partial charge in [0.15, 0.2) is 0 Å². The number of benzene rings is 12. The zero-order chi connectivity index (χ0) is 66.7. The highest BCUT2D eigenvalue weighted by Crippen LogP contribution is 2.59. The summed E-state index contributed by atoms with van der Waals surface area (Å²) >= 11 is 6.55. The minimum atomic E-state index is -3.73. The fourth-order valence-corrected chi connectivity index (χ4v) is 18.5. The monoisotopic (exact) mass is 1570 g/mol. The molecule has 7 heterocycles. The molecule has 0 saturated carbocycles. The fraction of sp³-hybridized carbons (Fsp3) is 0.0952. The first-order chi connectivity index (χ1) is 47.4. The number of hydrogen-bond donors (Lipinski definition) is 0. The van der Waals surface area contributed by atoms with Crippen LogP contribution in [0.5, 0.6) is 0 Å². The minimum Gasteiger partial charge on any atom is -0.399 e. The quantitative estimate of drug-likeness (QED) is 0.116. The molecule has 12 aromatic carbocycles. The SMILES string of the molecule is CC1(C)OB(c2cc3c4ccccc4n4c5ccccc5c(c2)c34)OC1(C)C.I.O=S(=O)(c1ccc(Br)cc1)c1ccc(Br)cc1.O=S(=O)(c1ccc(C2=CC3c4ccccc4N4c5ccccc5C(=C2)C34)cc1)c1ccc(-c2cc3c4ccccc4n4c5ccccc5c(c2)c34)cc1. The Balaban J connectivity index is 0.000000133. The molecule has 99 heavy (non-hydrogen) atoms. The first-order valence-electron chi connectivity index (χ1n) is 32.7. The smallest absolute Gasteiger partial charge is 0.399 e.